The maximum absolute atomic E-state index is 12.8. The molecule has 0 saturated carbocycles. The molecule has 3 N–H and O–H groups in total. The number of hydrogen-bond donors (Lipinski definition) is 2. The molecule has 1 aromatic carbocycles. The Morgan fingerprint density at radius 3 is 2.23 bits per heavy atom. The van der Waals surface area contributed by atoms with Crippen LogP contribution in [0.1, 0.15) is 0 Å². The summed E-state index contributed by atoms with van der Waals surface area (Å²) in [5.74, 6) is -3.38. The monoisotopic (exact) mass is 206 g/mol. The first-order chi connectivity index (χ1) is 6.00. The lowest BCUT2D eigenvalue weighted by atomic mass is 10.3. The minimum absolute atomic E-state index is 0.218. The maximum atomic E-state index is 12.8. The Labute approximate surface area is 77.5 Å². The average molecular weight is 206 g/mol. The van der Waals surface area contributed by atoms with Gasteiger partial charge in [0.25, 0.3) is 0 Å². The topological polar surface area (TPSA) is 38.0 Å². The predicted octanol–water partition coefficient (Wildman–Crippen LogP) is 1.76. The highest BCUT2D eigenvalue weighted by Gasteiger charge is 2.09. The molecule has 0 atom stereocenters. The van der Waals surface area contributed by atoms with Gasteiger partial charge in [-0.1, -0.05) is 0 Å². The fourth-order valence-corrected chi connectivity index (χ4v) is 0.861. The lowest BCUT2D eigenvalue weighted by molar-refractivity contribution is 0.496. The molecule has 0 amide bonds. The van der Waals surface area contributed by atoms with E-state index in [1.54, 1.807) is 0 Å². The highest BCUT2D eigenvalue weighted by atomic mass is 32.1. The van der Waals surface area contributed by atoms with E-state index < -0.39 is 17.5 Å². The van der Waals surface area contributed by atoms with Crippen LogP contribution in [0.5, 0.6) is 0 Å². The molecule has 0 spiro atoms. The number of nitrogens with two attached hydrogens (primary N) is 1. The molecule has 1 aromatic rings. The molecule has 0 aliphatic rings. The minimum Gasteiger partial charge on any atom is -0.376 e. The molecule has 6 heteroatoms. The molecule has 0 bridgehead atoms. The summed E-state index contributed by atoms with van der Waals surface area (Å²) in [6.45, 7) is 0. The van der Waals surface area contributed by atoms with Crippen LogP contribution in [-0.4, -0.2) is 5.11 Å². The second-order valence-electron chi connectivity index (χ2n) is 2.24. The van der Waals surface area contributed by atoms with Crippen LogP contribution in [0.3, 0.4) is 0 Å². The molecule has 0 aliphatic heterocycles. The number of nitrogens with one attached hydrogen (secondary N) is 1. The molecular formula is C7H5F3N2S. The first kappa shape index (κ1) is 9.79. The number of hydrogen-bond acceptors (Lipinski definition) is 1. The van der Waals surface area contributed by atoms with Crippen LogP contribution in [0.15, 0.2) is 12.1 Å². The number of benzene rings is 1. The fraction of sp³-hybridized carbons (Fsp3) is 0. The Morgan fingerprint density at radius 2 is 1.69 bits per heavy atom. The molecule has 0 fully saturated rings. The van der Waals surface area contributed by atoms with Crippen molar-refractivity contribution < 1.29 is 13.2 Å². The van der Waals surface area contributed by atoms with Crippen LogP contribution >= 0.6 is 12.2 Å². The number of thiocarbonyl (C=S) groups is 1. The van der Waals surface area contributed by atoms with Crippen molar-refractivity contribution in [2.75, 3.05) is 5.32 Å². The minimum atomic E-state index is -1.26. The largest absolute Gasteiger partial charge is 0.376 e. The average Bonchev–Trinajstić information content (AvgIpc) is 1.99. The van der Waals surface area contributed by atoms with E-state index in [-0.39, 0.29) is 10.8 Å². The molecule has 0 aromatic heterocycles. The van der Waals surface area contributed by atoms with Crippen molar-refractivity contribution in [3.05, 3.63) is 29.6 Å². The molecule has 0 saturated heterocycles. The second-order valence-corrected chi connectivity index (χ2v) is 2.68. The van der Waals surface area contributed by atoms with Gasteiger partial charge in [0.15, 0.2) is 16.7 Å². The van der Waals surface area contributed by atoms with E-state index in [0.29, 0.717) is 12.1 Å². The zero-order chi connectivity index (χ0) is 10.0. The Hall–Kier alpha value is -1.30. The van der Waals surface area contributed by atoms with Crippen LogP contribution < -0.4 is 11.1 Å². The smallest absolute Gasteiger partial charge is 0.168 e. The molecule has 0 aliphatic carbocycles. The molecule has 2 nitrogen and oxygen atoms in total. The van der Waals surface area contributed by atoms with Gasteiger partial charge in [0.2, 0.25) is 0 Å². The summed E-state index contributed by atoms with van der Waals surface area (Å²) in [5, 5.41) is 1.95. The summed E-state index contributed by atoms with van der Waals surface area (Å²) in [6, 6.07) is 1.06. The summed E-state index contributed by atoms with van der Waals surface area (Å²) >= 11 is 4.40. The molecule has 0 heterocycles. The van der Waals surface area contributed by atoms with Crippen molar-refractivity contribution in [1.29, 1.82) is 0 Å². The Bertz CT molecular complexity index is 354. The van der Waals surface area contributed by atoms with Gasteiger partial charge >= 0.3 is 0 Å². The van der Waals surface area contributed by atoms with E-state index in [1.165, 1.54) is 0 Å². The van der Waals surface area contributed by atoms with E-state index in [4.69, 9.17) is 5.73 Å². The summed E-state index contributed by atoms with van der Waals surface area (Å²) in [4.78, 5) is 0. The van der Waals surface area contributed by atoms with Crippen molar-refractivity contribution in [3.63, 3.8) is 0 Å². The molecule has 1 rings (SSSR count). The highest BCUT2D eigenvalue weighted by molar-refractivity contribution is 7.80. The van der Waals surface area contributed by atoms with Crippen LogP contribution in [0, 0.1) is 17.5 Å². The first-order valence-corrected chi connectivity index (χ1v) is 3.62. The number of anilines is 1. The first-order valence-electron chi connectivity index (χ1n) is 3.21. The third-order valence-corrected chi connectivity index (χ3v) is 1.37. The number of rotatable bonds is 1. The lowest BCUT2D eigenvalue weighted by Gasteiger charge is -2.05. The van der Waals surface area contributed by atoms with Crippen LogP contribution in [0.4, 0.5) is 18.9 Å². The van der Waals surface area contributed by atoms with Crippen LogP contribution in [0.2, 0.25) is 0 Å². The van der Waals surface area contributed by atoms with Crippen molar-refractivity contribution in [1.82, 2.24) is 0 Å². The Kier molecular flexibility index (Phi) is 2.72. The summed E-state index contributed by atoms with van der Waals surface area (Å²) < 4.78 is 37.7. The quantitative estimate of drug-likeness (QED) is 0.543. The molecule has 13 heavy (non-hydrogen) atoms. The molecule has 0 unspecified atom stereocenters. The van der Waals surface area contributed by atoms with Crippen LogP contribution in [0.25, 0.3) is 0 Å². The predicted molar refractivity (Wildman–Crippen MR) is 46.7 cm³/mol. The van der Waals surface area contributed by atoms with Gasteiger partial charge in [-0.3, -0.25) is 0 Å². The SMILES string of the molecule is NC(=S)Nc1cc(F)c(F)cc1F. The van der Waals surface area contributed by atoms with Crippen molar-refractivity contribution in [2.24, 2.45) is 5.73 Å². The van der Waals surface area contributed by atoms with Gasteiger partial charge in [-0.15, -0.1) is 0 Å². The summed E-state index contributed by atoms with van der Waals surface area (Å²) in [5.41, 5.74) is 4.73. The summed E-state index contributed by atoms with van der Waals surface area (Å²) in [6.07, 6.45) is 0. The van der Waals surface area contributed by atoms with Crippen molar-refractivity contribution >= 4 is 23.0 Å². The molecular weight excluding hydrogens is 201 g/mol. The third-order valence-electron chi connectivity index (χ3n) is 1.27. The van der Waals surface area contributed by atoms with Gasteiger partial charge in [-0.25, -0.2) is 13.2 Å². The van der Waals surface area contributed by atoms with Gasteiger partial charge in [0.05, 0.1) is 5.69 Å². The highest BCUT2D eigenvalue weighted by Crippen LogP contribution is 2.17. The maximum Gasteiger partial charge on any atom is 0.168 e. The van der Waals surface area contributed by atoms with Crippen LogP contribution in [-0.2, 0) is 0 Å². The van der Waals surface area contributed by atoms with Crippen molar-refractivity contribution in [2.45, 2.75) is 0 Å². The van der Waals surface area contributed by atoms with E-state index >= 15 is 0 Å². The summed E-state index contributed by atoms with van der Waals surface area (Å²) in [7, 11) is 0. The van der Waals surface area contributed by atoms with E-state index in [1.807, 2.05) is 0 Å². The lowest BCUT2D eigenvalue weighted by Crippen LogP contribution is -2.19. The third kappa shape index (κ3) is 2.32. The Balaban J connectivity index is 3.08. The van der Waals surface area contributed by atoms with E-state index in [9.17, 15) is 13.2 Å². The van der Waals surface area contributed by atoms with Gasteiger partial charge in [-0.05, 0) is 12.2 Å². The molecule has 0 radical (unpaired) electrons. The fourth-order valence-electron chi connectivity index (χ4n) is 0.751. The van der Waals surface area contributed by atoms with Crippen molar-refractivity contribution in [3.8, 4) is 0 Å². The molecule has 70 valence electrons. The Morgan fingerprint density at radius 1 is 1.15 bits per heavy atom. The van der Waals surface area contributed by atoms with E-state index in [2.05, 4.69) is 17.5 Å². The van der Waals surface area contributed by atoms with Gasteiger partial charge in [0.1, 0.15) is 5.82 Å². The van der Waals surface area contributed by atoms with Gasteiger partial charge in [-0.2, -0.15) is 0 Å². The second kappa shape index (κ2) is 3.61. The zero-order valence-electron chi connectivity index (χ0n) is 6.27. The van der Waals surface area contributed by atoms with Gasteiger partial charge in [0, 0.05) is 12.1 Å². The standard InChI is InChI=1S/C7H5F3N2S/c8-3-1-5(10)6(2-4(3)9)12-7(11)13/h1-2H,(H3,11,12,13). The zero-order valence-corrected chi connectivity index (χ0v) is 7.09. The van der Waals surface area contributed by atoms with E-state index in [0.717, 1.165) is 0 Å². The number of halogens is 3. The normalized spacial score (nSPS) is 9.77. The van der Waals surface area contributed by atoms with Gasteiger partial charge < -0.3 is 11.1 Å².